The Balaban J connectivity index is 1.01. The molecule has 0 saturated heterocycles. The summed E-state index contributed by atoms with van der Waals surface area (Å²) in [5.41, 5.74) is 13.9. The van der Waals surface area contributed by atoms with Crippen LogP contribution in [-0.4, -0.2) is 9.97 Å². The number of nitriles is 1. The molecule has 256 valence electrons. The Labute approximate surface area is 318 Å². The molecule has 2 heterocycles. The van der Waals surface area contributed by atoms with Gasteiger partial charge in [0.25, 0.3) is 0 Å². The minimum absolute atomic E-state index is 0.644. The molecule has 8 aromatic carbocycles. The molecule has 0 aliphatic heterocycles. The van der Waals surface area contributed by atoms with Gasteiger partial charge >= 0.3 is 0 Å². The second-order valence-corrected chi connectivity index (χ2v) is 13.7. The van der Waals surface area contributed by atoms with Gasteiger partial charge in [0.15, 0.2) is 5.82 Å². The Kier molecular flexibility index (Phi) is 7.83. The molecule has 4 nitrogen and oxygen atoms in total. The van der Waals surface area contributed by atoms with Crippen LogP contribution in [-0.2, 0) is 0 Å². The lowest BCUT2D eigenvalue weighted by Crippen LogP contribution is -1.95. The van der Waals surface area contributed by atoms with E-state index in [1.165, 1.54) is 0 Å². The number of benzene rings is 8. The van der Waals surface area contributed by atoms with Crippen LogP contribution >= 0.6 is 0 Å². The maximum atomic E-state index is 9.39. The average molecular weight is 702 g/mol. The fourth-order valence-corrected chi connectivity index (χ4v) is 7.60. The van der Waals surface area contributed by atoms with E-state index in [0.717, 1.165) is 94.2 Å². The molecular formula is C51H31N3O. The highest BCUT2D eigenvalue weighted by molar-refractivity contribution is 6.22. The van der Waals surface area contributed by atoms with Gasteiger partial charge in [0.2, 0.25) is 0 Å². The summed E-state index contributed by atoms with van der Waals surface area (Å²) in [7, 11) is 0. The third-order valence-electron chi connectivity index (χ3n) is 10.4. The fraction of sp³-hybridized carbons (Fsp3) is 0. The number of hydrogen-bond acceptors (Lipinski definition) is 4. The molecule has 4 heteroatoms. The molecule has 10 rings (SSSR count). The van der Waals surface area contributed by atoms with Crippen molar-refractivity contribution in [1.82, 2.24) is 9.97 Å². The lowest BCUT2D eigenvalue weighted by Gasteiger charge is -2.11. The Bertz CT molecular complexity index is 2990. The molecule has 0 atom stereocenters. The summed E-state index contributed by atoms with van der Waals surface area (Å²) in [5.74, 6) is 0.704. The molecule has 0 aliphatic carbocycles. The van der Waals surface area contributed by atoms with Crippen LogP contribution < -0.4 is 0 Å². The van der Waals surface area contributed by atoms with Crippen molar-refractivity contribution in [2.45, 2.75) is 0 Å². The zero-order valence-electron chi connectivity index (χ0n) is 29.6. The topological polar surface area (TPSA) is 62.7 Å². The standard InChI is InChI=1S/C51H31N3O/c52-32-33-18-20-37(21-19-33)44-30-45-49-41(16-9-17-48(49)55-50(45)43-15-8-7-14-42(43)44)36-26-22-34(23-27-36)35-24-28-39(29-25-35)47-31-46(38-10-3-1-4-11-38)53-51(54-47)40-12-5-2-6-13-40/h1-31H. The SMILES string of the molecule is N#Cc1ccc(-c2cc3c(oc4cccc(-c5ccc(-c6ccc(-c7cc(-c8ccccc8)nc(-c8ccccc8)n7)cc6)cc5)c43)c3ccccc23)cc1. The van der Waals surface area contributed by atoms with E-state index in [2.05, 4.69) is 115 Å². The molecule has 0 unspecified atom stereocenters. The van der Waals surface area contributed by atoms with Crippen LogP contribution in [0.4, 0.5) is 0 Å². The number of nitrogens with zero attached hydrogens (tertiary/aromatic N) is 3. The predicted molar refractivity (Wildman–Crippen MR) is 224 cm³/mol. The van der Waals surface area contributed by atoms with Gasteiger partial charge in [-0.15, -0.1) is 0 Å². The Morgan fingerprint density at radius 1 is 0.400 bits per heavy atom. The minimum atomic E-state index is 0.644. The monoisotopic (exact) mass is 701 g/mol. The summed E-state index contributed by atoms with van der Waals surface area (Å²) < 4.78 is 6.61. The van der Waals surface area contributed by atoms with Gasteiger partial charge in [0.05, 0.1) is 23.0 Å². The summed E-state index contributed by atoms with van der Waals surface area (Å²) in [4.78, 5) is 9.95. The van der Waals surface area contributed by atoms with Crippen molar-refractivity contribution in [3.05, 3.63) is 194 Å². The van der Waals surface area contributed by atoms with E-state index in [9.17, 15) is 5.26 Å². The van der Waals surface area contributed by atoms with Crippen LogP contribution in [0.1, 0.15) is 5.56 Å². The quantitative estimate of drug-likeness (QED) is 0.173. The number of fused-ring (bicyclic) bond motifs is 5. The molecule has 0 amide bonds. The first-order chi connectivity index (χ1) is 27.2. The van der Waals surface area contributed by atoms with E-state index in [1.807, 2.05) is 78.9 Å². The lowest BCUT2D eigenvalue weighted by molar-refractivity contribution is 0.673. The Morgan fingerprint density at radius 2 is 0.927 bits per heavy atom. The smallest absolute Gasteiger partial charge is 0.160 e. The van der Waals surface area contributed by atoms with Crippen LogP contribution in [0.25, 0.3) is 100.0 Å². The van der Waals surface area contributed by atoms with Crippen molar-refractivity contribution in [2.75, 3.05) is 0 Å². The van der Waals surface area contributed by atoms with Crippen molar-refractivity contribution < 1.29 is 4.42 Å². The zero-order valence-corrected chi connectivity index (χ0v) is 29.6. The molecule has 0 spiro atoms. The van der Waals surface area contributed by atoms with E-state index >= 15 is 0 Å². The second-order valence-electron chi connectivity index (χ2n) is 13.7. The van der Waals surface area contributed by atoms with E-state index in [4.69, 9.17) is 14.4 Å². The first-order valence-electron chi connectivity index (χ1n) is 18.3. The summed E-state index contributed by atoms with van der Waals surface area (Å²) in [6, 6.07) is 66.8. The number of hydrogen-bond donors (Lipinski definition) is 0. The van der Waals surface area contributed by atoms with Crippen LogP contribution in [0, 0.1) is 11.3 Å². The third-order valence-corrected chi connectivity index (χ3v) is 10.4. The first-order valence-corrected chi connectivity index (χ1v) is 18.3. The van der Waals surface area contributed by atoms with Gasteiger partial charge in [-0.3, -0.25) is 0 Å². The van der Waals surface area contributed by atoms with Gasteiger partial charge in [-0.05, 0) is 69.1 Å². The van der Waals surface area contributed by atoms with Gasteiger partial charge in [0.1, 0.15) is 11.2 Å². The highest BCUT2D eigenvalue weighted by atomic mass is 16.3. The predicted octanol–water partition coefficient (Wildman–Crippen LogP) is 13.4. The summed E-state index contributed by atoms with van der Waals surface area (Å²) in [5, 5.41) is 13.7. The van der Waals surface area contributed by atoms with E-state index < -0.39 is 0 Å². The number of furan rings is 1. The molecule has 0 saturated carbocycles. The van der Waals surface area contributed by atoms with Crippen LogP contribution in [0.5, 0.6) is 0 Å². The fourth-order valence-electron chi connectivity index (χ4n) is 7.60. The molecule has 55 heavy (non-hydrogen) atoms. The lowest BCUT2D eigenvalue weighted by atomic mass is 9.92. The van der Waals surface area contributed by atoms with Gasteiger partial charge in [-0.1, -0.05) is 158 Å². The largest absolute Gasteiger partial charge is 0.455 e. The van der Waals surface area contributed by atoms with E-state index in [-0.39, 0.29) is 0 Å². The van der Waals surface area contributed by atoms with Gasteiger partial charge < -0.3 is 4.42 Å². The van der Waals surface area contributed by atoms with Crippen molar-refractivity contribution >= 4 is 32.7 Å². The van der Waals surface area contributed by atoms with Crippen LogP contribution in [0.3, 0.4) is 0 Å². The third kappa shape index (κ3) is 5.81. The van der Waals surface area contributed by atoms with E-state index in [1.54, 1.807) is 0 Å². The minimum Gasteiger partial charge on any atom is -0.455 e. The van der Waals surface area contributed by atoms with Crippen molar-refractivity contribution in [1.29, 1.82) is 5.26 Å². The highest BCUT2D eigenvalue weighted by Crippen LogP contribution is 2.43. The maximum absolute atomic E-state index is 9.39. The summed E-state index contributed by atoms with van der Waals surface area (Å²) in [6.45, 7) is 0. The van der Waals surface area contributed by atoms with Crippen LogP contribution in [0.15, 0.2) is 192 Å². The maximum Gasteiger partial charge on any atom is 0.160 e. The number of aromatic nitrogens is 2. The molecule has 0 bridgehead atoms. The zero-order chi connectivity index (χ0) is 36.7. The highest BCUT2D eigenvalue weighted by Gasteiger charge is 2.18. The summed E-state index contributed by atoms with van der Waals surface area (Å²) >= 11 is 0. The first kappa shape index (κ1) is 32.1. The summed E-state index contributed by atoms with van der Waals surface area (Å²) in [6.07, 6.45) is 0. The van der Waals surface area contributed by atoms with Crippen molar-refractivity contribution in [2.24, 2.45) is 0 Å². The average Bonchev–Trinajstić information content (AvgIpc) is 3.66. The second kappa shape index (κ2) is 13.4. The van der Waals surface area contributed by atoms with Gasteiger partial charge in [-0.2, -0.15) is 5.26 Å². The van der Waals surface area contributed by atoms with Crippen molar-refractivity contribution in [3.63, 3.8) is 0 Å². The van der Waals surface area contributed by atoms with Crippen molar-refractivity contribution in [3.8, 4) is 73.4 Å². The van der Waals surface area contributed by atoms with Gasteiger partial charge in [0, 0.05) is 32.8 Å². The molecule has 0 aliphatic rings. The molecule has 10 aromatic rings. The molecule has 0 fully saturated rings. The van der Waals surface area contributed by atoms with E-state index in [0.29, 0.717) is 11.4 Å². The molecule has 0 radical (unpaired) electrons. The molecule has 0 N–H and O–H groups in total. The normalized spacial score (nSPS) is 11.3. The molecular weight excluding hydrogens is 671 g/mol. The number of rotatable bonds is 6. The Morgan fingerprint density at radius 3 is 1.58 bits per heavy atom. The van der Waals surface area contributed by atoms with Crippen LogP contribution in [0.2, 0.25) is 0 Å². The van der Waals surface area contributed by atoms with Gasteiger partial charge in [-0.25, -0.2) is 9.97 Å². The molecule has 2 aromatic heterocycles. The Hall–Kier alpha value is -7.61.